The maximum atomic E-state index is 2.55. The summed E-state index contributed by atoms with van der Waals surface area (Å²) >= 11 is 0. The molecule has 0 radical (unpaired) electrons. The van der Waals surface area contributed by atoms with Crippen LogP contribution in [-0.2, 0) is 11.8 Å². The summed E-state index contributed by atoms with van der Waals surface area (Å²) in [6, 6.07) is 74.5. The Hall–Kier alpha value is -6.24. The number of hydrogen-bond acceptors (Lipinski definition) is 0. The van der Waals surface area contributed by atoms with Gasteiger partial charge in [0.2, 0.25) is 0 Å². The lowest BCUT2D eigenvalue weighted by molar-refractivity contribution is 0.724. The molecule has 0 aromatic heterocycles. The van der Waals surface area contributed by atoms with Crippen molar-refractivity contribution in [1.82, 2.24) is 0 Å². The van der Waals surface area contributed by atoms with Gasteiger partial charge in [-0.15, -0.1) is 0 Å². The van der Waals surface area contributed by atoms with Gasteiger partial charge < -0.3 is 0 Å². The molecule has 0 heterocycles. The van der Waals surface area contributed by atoms with Gasteiger partial charge in [0.1, 0.15) is 0 Å². The second-order valence-corrected chi connectivity index (χ2v) is 14.3. The number of hydrogen-bond donors (Lipinski definition) is 0. The molecular weight excluding hydrogens is 625 g/mol. The van der Waals surface area contributed by atoms with Gasteiger partial charge in [0, 0.05) is 5.92 Å². The predicted octanol–water partition coefficient (Wildman–Crippen LogP) is 13.1. The zero-order chi connectivity index (χ0) is 34.5. The molecule has 0 nitrogen and oxygen atoms in total. The fourth-order valence-corrected chi connectivity index (χ4v) is 9.34. The van der Waals surface area contributed by atoms with Crippen molar-refractivity contribution in [1.29, 1.82) is 0 Å². The largest absolute Gasteiger partial charge is 0.0713 e. The van der Waals surface area contributed by atoms with Crippen molar-refractivity contribution in [3.05, 3.63) is 239 Å². The minimum absolute atomic E-state index is 0.360. The van der Waals surface area contributed by atoms with Crippen LogP contribution in [-0.4, -0.2) is 0 Å². The molecule has 0 heteroatoms. The normalized spacial score (nSPS) is 14.7. The third kappa shape index (κ3) is 4.75. The van der Waals surface area contributed by atoms with Crippen molar-refractivity contribution in [2.45, 2.75) is 24.2 Å². The smallest absolute Gasteiger partial charge is 0.0622 e. The zero-order valence-electron chi connectivity index (χ0n) is 29.0. The molecule has 0 N–H and O–H groups in total. The Kier molecular flexibility index (Phi) is 7.36. The summed E-state index contributed by atoms with van der Waals surface area (Å²) in [5, 5.41) is 0. The van der Waals surface area contributed by atoms with E-state index in [4.69, 9.17) is 0 Å². The topological polar surface area (TPSA) is 0 Å². The molecule has 0 fully saturated rings. The van der Waals surface area contributed by atoms with E-state index in [9.17, 15) is 0 Å². The SMILES string of the molecule is c1ccc(-c2ccc3c(c2)-c2ccccc2C3CCc2ccc3c(c2)C(c2ccccc2)(c2ccccc2)c2cccc(-c4ccccc4)c2-3)cc1. The summed E-state index contributed by atoms with van der Waals surface area (Å²) in [6.45, 7) is 0. The first-order chi connectivity index (χ1) is 25.8. The molecule has 1 atom stereocenters. The van der Waals surface area contributed by atoms with Gasteiger partial charge in [0.15, 0.2) is 0 Å². The first-order valence-electron chi connectivity index (χ1n) is 18.5. The quantitative estimate of drug-likeness (QED) is 0.159. The molecular formula is C52H38. The van der Waals surface area contributed by atoms with E-state index >= 15 is 0 Å². The van der Waals surface area contributed by atoms with Gasteiger partial charge in [0.05, 0.1) is 5.41 Å². The molecule has 2 aliphatic rings. The van der Waals surface area contributed by atoms with E-state index in [2.05, 4.69) is 200 Å². The summed E-state index contributed by atoms with van der Waals surface area (Å²) in [5.41, 5.74) is 19.7. The van der Waals surface area contributed by atoms with Gasteiger partial charge in [0.25, 0.3) is 0 Å². The van der Waals surface area contributed by atoms with Crippen molar-refractivity contribution in [3.8, 4) is 44.5 Å². The first-order valence-corrected chi connectivity index (χ1v) is 18.5. The fraction of sp³-hybridized carbons (Fsp3) is 0.0769. The van der Waals surface area contributed by atoms with Gasteiger partial charge >= 0.3 is 0 Å². The summed E-state index contributed by atoms with van der Waals surface area (Å²) in [7, 11) is 0. The first kappa shape index (κ1) is 30.6. The number of aryl methyl sites for hydroxylation is 1. The van der Waals surface area contributed by atoms with Gasteiger partial charge in [-0.05, 0) is 102 Å². The van der Waals surface area contributed by atoms with Crippen molar-refractivity contribution >= 4 is 0 Å². The number of benzene rings is 8. The Morgan fingerprint density at radius 2 is 0.962 bits per heavy atom. The molecule has 52 heavy (non-hydrogen) atoms. The summed E-state index contributed by atoms with van der Waals surface area (Å²) in [5.74, 6) is 0.360. The summed E-state index contributed by atoms with van der Waals surface area (Å²) in [4.78, 5) is 0. The highest BCUT2D eigenvalue weighted by Gasteiger charge is 2.47. The standard InChI is InChI=1S/C52H38/c1-5-16-37(17-6-1)39-30-33-46-45(43-24-13-14-25-44(43)48(46)35-39)31-28-36-29-32-47-50(34-36)52(40-20-9-3-10-21-40,41-22-11-4-12-23-41)49-27-15-26-42(51(47)49)38-18-7-2-8-19-38/h1-27,29-30,32-35,45H,28,31H2. The van der Waals surface area contributed by atoms with Gasteiger partial charge in [-0.1, -0.05) is 194 Å². The molecule has 1 unspecified atom stereocenters. The molecule has 8 aromatic carbocycles. The van der Waals surface area contributed by atoms with Crippen molar-refractivity contribution < 1.29 is 0 Å². The molecule has 0 saturated heterocycles. The maximum Gasteiger partial charge on any atom is 0.0713 e. The van der Waals surface area contributed by atoms with Crippen molar-refractivity contribution in [3.63, 3.8) is 0 Å². The second-order valence-electron chi connectivity index (χ2n) is 14.3. The van der Waals surface area contributed by atoms with Crippen LogP contribution in [0.4, 0.5) is 0 Å². The molecule has 0 aliphatic heterocycles. The molecule has 246 valence electrons. The lowest BCUT2D eigenvalue weighted by Gasteiger charge is -2.34. The highest BCUT2D eigenvalue weighted by molar-refractivity contribution is 5.95. The van der Waals surface area contributed by atoms with Crippen LogP contribution in [0.3, 0.4) is 0 Å². The fourth-order valence-electron chi connectivity index (χ4n) is 9.34. The van der Waals surface area contributed by atoms with E-state index in [0.29, 0.717) is 5.92 Å². The molecule has 0 spiro atoms. The van der Waals surface area contributed by atoms with E-state index < -0.39 is 5.41 Å². The lowest BCUT2D eigenvalue weighted by Crippen LogP contribution is -2.28. The predicted molar refractivity (Wildman–Crippen MR) is 217 cm³/mol. The minimum Gasteiger partial charge on any atom is -0.0622 e. The minimum atomic E-state index is -0.436. The van der Waals surface area contributed by atoms with Gasteiger partial charge in [-0.3, -0.25) is 0 Å². The van der Waals surface area contributed by atoms with E-state index in [1.165, 1.54) is 83.5 Å². The van der Waals surface area contributed by atoms with Crippen molar-refractivity contribution in [2.24, 2.45) is 0 Å². The van der Waals surface area contributed by atoms with Crippen LogP contribution >= 0.6 is 0 Å². The van der Waals surface area contributed by atoms with E-state index in [1.807, 2.05) is 0 Å². The van der Waals surface area contributed by atoms with Crippen LogP contribution in [0.15, 0.2) is 200 Å². The van der Waals surface area contributed by atoms with E-state index in [-0.39, 0.29) is 0 Å². The third-order valence-corrected chi connectivity index (χ3v) is 11.6. The van der Waals surface area contributed by atoms with E-state index in [1.54, 1.807) is 0 Å². The Bertz CT molecular complexity index is 2510. The molecule has 10 rings (SSSR count). The maximum absolute atomic E-state index is 2.55. The van der Waals surface area contributed by atoms with Crippen LogP contribution < -0.4 is 0 Å². The monoisotopic (exact) mass is 662 g/mol. The van der Waals surface area contributed by atoms with Crippen molar-refractivity contribution in [2.75, 3.05) is 0 Å². The Balaban J connectivity index is 1.11. The van der Waals surface area contributed by atoms with Crippen LogP contribution in [0.5, 0.6) is 0 Å². The number of rotatable bonds is 7. The Labute approximate surface area is 306 Å². The van der Waals surface area contributed by atoms with Crippen LogP contribution in [0.2, 0.25) is 0 Å². The molecule has 0 bridgehead atoms. The summed E-state index contributed by atoms with van der Waals surface area (Å²) < 4.78 is 0. The lowest BCUT2D eigenvalue weighted by atomic mass is 9.67. The highest BCUT2D eigenvalue weighted by atomic mass is 14.5. The average Bonchev–Trinajstić information content (AvgIpc) is 3.71. The second kappa shape index (κ2) is 12.5. The average molecular weight is 663 g/mol. The molecule has 8 aromatic rings. The molecule has 0 amide bonds. The number of fused-ring (bicyclic) bond motifs is 6. The van der Waals surface area contributed by atoms with Gasteiger partial charge in [-0.25, -0.2) is 0 Å². The zero-order valence-corrected chi connectivity index (χ0v) is 29.0. The Morgan fingerprint density at radius 3 is 1.67 bits per heavy atom. The van der Waals surface area contributed by atoms with Crippen LogP contribution in [0, 0.1) is 0 Å². The molecule has 0 saturated carbocycles. The highest BCUT2D eigenvalue weighted by Crippen LogP contribution is 2.58. The molecule has 2 aliphatic carbocycles. The van der Waals surface area contributed by atoms with E-state index in [0.717, 1.165) is 12.8 Å². The van der Waals surface area contributed by atoms with Crippen LogP contribution in [0.25, 0.3) is 44.5 Å². The van der Waals surface area contributed by atoms with Crippen LogP contribution in [0.1, 0.15) is 51.3 Å². The summed E-state index contributed by atoms with van der Waals surface area (Å²) in [6.07, 6.45) is 2.05. The third-order valence-electron chi connectivity index (χ3n) is 11.6. The van der Waals surface area contributed by atoms with Gasteiger partial charge in [-0.2, -0.15) is 0 Å². The Morgan fingerprint density at radius 1 is 0.365 bits per heavy atom.